The molecule has 1 saturated heterocycles. The molecule has 0 unspecified atom stereocenters. The summed E-state index contributed by atoms with van der Waals surface area (Å²) in [5.74, 6) is 0.643. The first-order valence-corrected chi connectivity index (χ1v) is 10.9. The summed E-state index contributed by atoms with van der Waals surface area (Å²) < 4.78 is 1.73. The number of carbonyl (C=O) groups excluding carboxylic acids is 1. The van der Waals surface area contributed by atoms with Crippen molar-refractivity contribution in [2.24, 2.45) is 7.05 Å². The van der Waals surface area contributed by atoms with Crippen LogP contribution in [0.25, 0.3) is 22.3 Å². The Bertz CT molecular complexity index is 1380. The molecule has 0 aliphatic carbocycles. The van der Waals surface area contributed by atoms with Gasteiger partial charge in [-0.05, 0) is 25.1 Å². The molecule has 1 aromatic carbocycles. The molecule has 4 heterocycles. The van der Waals surface area contributed by atoms with Crippen molar-refractivity contribution >= 4 is 22.8 Å². The lowest BCUT2D eigenvalue weighted by molar-refractivity contribution is 0.0748. The summed E-state index contributed by atoms with van der Waals surface area (Å²) >= 11 is 0. The molecule has 1 aliphatic heterocycles. The number of hydrogen-bond acceptors (Lipinski definition) is 6. The van der Waals surface area contributed by atoms with Crippen molar-refractivity contribution in [3.05, 3.63) is 71.5 Å². The third-order valence-electron chi connectivity index (χ3n) is 6.04. The largest absolute Gasteiger partial charge is 0.352 e. The Labute approximate surface area is 191 Å². The van der Waals surface area contributed by atoms with E-state index in [1.807, 2.05) is 55.3 Å². The maximum atomic E-state index is 13.7. The summed E-state index contributed by atoms with van der Waals surface area (Å²) in [4.78, 5) is 26.8. The number of carbonyl (C=O) groups is 1. The van der Waals surface area contributed by atoms with Gasteiger partial charge < -0.3 is 9.80 Å². The Morgan fingerprint density at radius 2 is 1.82 bits per heavy atom. The first-order valence-electron chi connectivity index (χ1n) is 10.9. The number of aryl methyl sites for hydroxylation is 2. The number of amides is 1. The van der Waals surface area contributed by atoms with Gasteiger partial charge >= 0.3 is 0 Å². The Balaban J connectivity index is 1.47. The third-order valence-corrected chi connectivity index (χ3v) is 6.04. The first-order chi connectivity index (χ1) is 16.1. The predicted octanol–water partition coefficient (Wildman–Crippen LogP) is 3.17. The number of benzene rings is 1. The second kappa shape index (κ2) is 8.36. The highest BCUT2D eigenvalue weighted by Gasteiger charge is 2.27. The number of nitriles is 1. The van der Waals surface area contributed by atoms with Crippen molar-refractivity contribution in [3.8, 4) is 17.3 Å². The molecule has 164 valence electrons. The Morgan fingerprint density at radius 3 is 2.55 bits per heavy atom. The van der Waals surface area contributed by atoms with Gasteiger partial charge in [-0.25, -0.2) is 9.97 Å². The smallest absolute Gasteiger partial charge is 0.254 e. The molecule has 1 amide bonds. The highest BCUT2D eigenvalue weighted by atomic mass is 16.2. The molecular weight excluding hydrogens is 414 g/mol. The van der Waals surface area contributed by atoms with Crippen molar-refractivity contribution in [2.45, 2.75) is 6.92 Å². The summed E-state index contributed by atoms with van der Waals surface area (Å²) in [6, 6.07) is 17.5. The van der Waals surface area contributed by atoms with E-state index >= 15 is 0 Å². The van der Waals surface area contributed by atoms with E-state index in [2.05, 4.69) is 21.1 Å². The monoisotopic (exact) mass is 437 g/mol. The molecular formula is C25H23N7O. The number of rotatable bonds is 3. The van der Waals surface area contributed by atoms with Gasteiger partial charge in [-0.15, -0.1) is 0 Å². The minimum absolute atomic E-state index is 0.0307. The number of piperazine rings is 1. The van der Waals surface area contributed by atoms with Gasteiger partial charge in [-0.1, -0.05) is 30.3 Å². The van der Waals surface area contributed by atoms with Crippen LogP contribution >= 0.6 is 0 Å². The minimum atomic E-state index is -0.0307. The van der Waals surface area contributed by atoms with Gasteiger partial charge in [0, 0.05) is 45.0 Å². The van der Waals surface area contributed by atoms with Gasteiger partial charge in [0.2, 0.25) is 0 Å². The van der Waals surface area contributed by atoms with Crippen LogP contribution in [0, 0.1) is 18.3 Å². The summed E-state index contributed by atoms with van der Waals surface area (Å²) in [6.45, 7) is 4.23. The van der Waals surface area contributed by atoms with Crippen LogP contribution in [0.1, 0.15) is 21.6 Å². The molecule has 1 fully saturated rings. The van der Waals surface area contributed by atoms with E-state index < -0.39 is 0 Å². The molecule has 8 heteroatoms. The van der Waals surface area contributed by atoms with E-state index in [0.29, 0.717) is 48.8 Å². The van der Waals surface area contributed by atoms with Gasteiger partial charge in [-0.2, -0.15) is 10.4 Å². The average Bonchev–Trinajstić information content (AvgIpc) is 3.16. The zero-order valence-corrected chi connectivity index (χ0v) is 18.6. The fraction of sp³-hybridized carbons (Fsp3) is 0.240. The zero-order chi connectivity index (χ0) is 22.9. The van der Waals surface area contributed by atoms with E-state index in [0.717, 1.165) is 22.3 Å². The van der Waals surface area contributed by atoms with Crippen molar-refractivity contribution in [1.29, 1.82) is 5.26 Å². The van der Waals surface area contributed by atoms with Crippen molar-refractivity contribution in [3.63, 3.8) is 0 Å². The van der Waals surface area contributed by atoms with Gasteiger partial charge in [-0.3, -0.25) is 9.48 Å². The summed E-state index contributed by atoms with van der Waals surface area (Å²) in [5, 5.41) is 14.7. The zero-order valence-electron chi connectivity index (χ0n) is 18.6. The van der Waals surface area contributed by atoms with E-state index in [4.69, 9.17) is 4.98 Å². The van der Waals surface area contributed by atoms with Gasteiger partial charge in [0.25, 0.3) is 5.91 Å². The molecule has 33 heavy (non-hydrogen) atoms. The quantitative estimate of drug-likeness (QED) is 0.489. The Morgan fingerprint density at radius 1 is 1.06 bits per heavy atom. The van der Waals surface area contributed by atoms with Crippen LogP contribution in [0.15, 0.2) is 54.7 Å². The molecule has 0 radical (unpaired) electrons. The first kappa shape index (κ1) is 20.6. The predicted molar refractivity (Wildman–Crippen MR) is 126 cm³/mol. The van der Waals surface area contributed by atoms with Crippen LogP contribution in [0.2, 0.25) is 0 Å². The van der Waals surface area contributed by atoms with E-state index in [1.54, 1.807) is 23.0 Å². The van der Waals surface area contributed by atoms with Gasteiger partial charge in [0.05, 0.1) is 27.9 Å². The van der Waals surface area contributed by atoms with E-state index in [9.17, 15) is 10.1 Å². The van der Waals surface area contributed by atoms with Gasteiger partial charge in [0.15, 0.2) is 5.65 Å². The lowest BCUT2D eigenvalue weighted by Gasteiger charge is -2.35. The summed E-state index contributed by atoms with van der Waals surface area (Å²) in [5.41, 5.74) is 4.35. The highest BCUT2D eigenvalue weighted by Crippen LogP contribution is 2.28. The lowest BCUT2D eigenvalue weighted by atomic mass is 10.0. The fourth-order valence-corrected chi connectivity index (χ4v) is 4.40. The normalized spacial score (nSPS) is 13.8. The van der Waals surface area contributed by atoms with Crippen molar-refractivity contribution < 1.29 is 4.79 Å². The molecule has 1 aliphatic rings. The Hall–Kier alpha value is -4.25. The molecule has 0 bridgehead atoms. The third kappa shape index (κ3) is 3.68. The topological polar surface area (TPSA) is 90.9 Å². The van der Waals surface area contributed by atoms with Crippen LogP contribution in [-0.4, -0.2) is 56.7 Å². The maximum Gasteiger partial charge on any atom is 0.254 e. The molecule has 0 spiro atoms. The number of pyridine rings is 2. The molecule has 0 atom stereocenters. The minimum Gasteiger partial charge on any atom is -0.352 e. The SMILES string of the molecule is Cc1nn(C)c2nc(-c3ccccc3)cc(C(=O)N3CCN(c4ncccc4C#N)CC3)c12. The highest BCUT2D eigenvalue weighted by molar-refractivity contribution is 6.07. The summed E-state index contributed by atoms with van der Waals surface area (Å²) in [7, 11) is 1.85. The molecule has 3 aromatic heterocycles. The number of aromatic nitrogens is 4. The molecule has 4 aromatic rings. The van der Waals surface area contributed by atoms with Crippen LogP contribution in [0.3, 0.4) is 0 Å². The number of hydrogen-bond donors (Lipinski definition) is 0. The van der Waals surface area contributed by atoms with Crippen LogP contribution in [0.5, 0.6) is 0 Å². The maximum absolute atomic E-state index is 13.7. The van der Waals surface area contributed by atoms with Crippen molar-refractivity contribution in [2.75, 3.05) is 31.1 Å². The van der Waals surface area contributed by atoms with E-state index in [1.165, 1.54) is 0 Å². The van der Waals surface area contributed by atoms with Gasteiger partial charge in [0.1, 0.15) is 11.9 Å². The number of anilines is 1. The summed E-state index contributed by atoms with van der Waals surface area (Å²) in [6.07, 6.45) is 1.69. The fourth-order valence-electron chi connectivity index (χ4n) is 4.40. The van der Waals surface area contributed by atoms with Crippen LogP contribution < -0.4 is 4.90 Å². The second-order valence-corrected chi connectivity index (χ2v) is 8.09. The molecule has 0 saturated carbocycles. The lowest BCUT2D eigenvalue weighted by Crippen LogP contribution is -2.49. The number of fused-ring (bicyclic) bond motifs is 1. The van der Waals surface area contributed by atoms with Crippen LogP contribution in [0.4, 0.5) is 5.82 Å². The molecule has 5 rings (SSSR count). The standard InChI is InChI=1S/C25H23N7O/c1-17-22-20(15-21(18-7-4-3-5-8-18)28-24(22)30(2)29-17)25(33)32-13-11-31(12-14-32)23-19(16-26)9-6-10-27-23/h3-10,15H,11-14H2,1-2H3. The van der Waals surface area contributed by atoms with Crippen LogP contribution in [-0.2, 0) is 7.05 Å². The van der Waals surface area contributed by atoms with E-state index in [-0.39, 0.29) is 5.91 Å². The molecule has 0 N–H and O–H groups in total. The molecule has 8 nitrogen and oxygen atoms in total. The average molecular weight is 438 g/mol. The van der Waals surface area contributed by atoms with Crippen molar-refractivity contribution in [1.82, 2.24) is 24.6 Å². The number of nitrogens with zero attached hydrogens (tertiary/aromatic N) is 7. The Kier molecular flexibility index (Phi) is 5.23. The second-order valence-electron chi connectivity index (χ2n) is 8.09.